The van der Waals surface area contributed by atoms with Crippen molar-refractivity contribution in [3.8, 4) is 22.4 Å². The fourth-order valence-electron chi connectivity index (χ4n) is 7.21. The molecule has 1 amide bonds. The Hall–Kier alpha value is -3.89. The second-order valence-corrected chi connectivity index (χ2v) is 12.6. The van der Waals surface area contributed by atoms with Gasteiger partial charge in [0.1, 0.15) is 5.69 Å². The maximum atomic E-state index is 12.1. The minimum absolute atomic E-state index is 0.0271. The first-order valence-corrected chi connectivity index (χ1v) is 15.1. The Kier molecular flexibility index (Phi) is 6.74. The summed E-state index contributed by atoms with van der Waals surface area (Å²) in [5.41, 5.74) is 6.80. The molecule has 1 unspecified atom stereocenters. The third-order valence-electron chi connectivity index (χ3n) is 9.44. The average molecular weight is 604 g/mol. The molecule has 2 aliphatic heterocycles. The molecule has 10 nitrogen and oxygen atoms in total. The predicted octanol–water partition coefficient (Wildman–Crippen LogP) is 6.64. The van der Waals surface area contributed by atoms with Crippen LogP contribution in [0.15, 0.2) is 36.5 Å². The van der Waals surface area contributed by atoms with Crippen LogP contribution in [0.25, 0.3) is 33.3 Å². The predicted molar refractivity (Wildman–Crippen MR) is 161 cm³/mol. The van der Waals surface area contributed by atoms with E-state index in [0.717, 1.165) is 83.3 Å². The first-order valence-electron chi connectivity index (χ1n) is 14.7. The number of benzene rings is 2. The van der Waals surface area contributed by atoms with Crippen molar-refractivity contribution in [1.82, 2.24) is 24.5 Å². The van der Waals surface area contributed by atoms with E-state index in [1.807, 2.05) is 29.9 Å². The highest BCUT2D eigenvalue weighted by Gasteiger charge is 2.55. The number of hydrogen-bond acceptors (Lipinski definition) is 6. The molecule has 4 aromatic rings. The lowest BCUT2D eigenvalue weighted by Gasteiger charge is -2.58. The van der Waals surface area contributed by atoms with Crippen molar-refractivity contribution in [2.45, 2.75) is 58.2 Å². The van der Waals surface area contributed by atoms with Crippen molar-refractivity contribution in [3.63, 3.8) is 0 Å². The topological polar surface area (TPSA) is 112 Å². The molecule has 7 rings (SSSR count). The summed E-state index contributed by atoms with van der Waals surface area (Å²) in [6.45, 7) is 5.94. The Morgan fingerprint density at radius 3 is 2.49 bits per heavy atom. The van der Waals surface area contributed by atoms with Gasteiger partial charge in [-0.05, 0) is 69.7 Å². The molecule has 1 aliphatic carbocycles. The lowest BCUT2D eigenvalue weighted by molar-refractivity contribution is -0.0775. The van der Waals surface area contributed by atoms with Crippen LogP contribution >= 0.6 is 11.6 Å². The summed E-state index contributed by atoms with van der Waals surface area (Å²) >= 11 is 7.15. The summed E-state index contributed by atoms with van der Waals surface area (Å²) < 4.78 is 15.1. The van der Waals surface area contributed by atoms with E-state index in [2.05, 4.69) is 17.7 Å². The minimum Gasteiger partial charge on any atom is -0.465 e. The van der Waals surface area contributed by atoms with Crippen molar-refractivity contribution < 1.29 is 24.2 Å². The number of carbonyl (C=O) groups is 2. The first-order chi connectivity index (χ1) is 20.7. The van der Waals surface area contributed by atoms with Crippen molar-refractivity contribution in [2.75, 3.05) is 26.8 Å². The number of likely N-dealkylation sites (tertiary alicyclic amines) is 1. The van der Waals surface area contributed by atoms with E-state index in [-0.39, 0.29) is 17.7 Å². The Morgan fingerprint density at radius 2 is 1.84 bits per heavy atom. The quantitative estimate of drug-likeness (QED) is 0.255. The number of halogens is 1. The summed E-state index contributed by atoms with van der Waals surface area (Å²) in [5.74, 6) is -0.398. The zero-order chi connectivity index (χ0) is 30.0. The highest BCUT2D eigenvalue weighted by Crippen LogP contribution is 2.55. The molecule has 0 radical (unpaired) electrons. The minimum atomic E-state index is -0.860. The van der Waals surface area contributed by atoms with Crippen LogP contribution in [-0.2, 0) is 9.47 Å². The standard InChI is InChI=1S/C32H34ClN5O5/c1-18-12-24-23(15-34-38(24)25-6-4-5-11-43-25)27(28(18)33)26-19(2)37(22-13-32(14-22)16-36(17-32)31(40)41)35-29(26)20-7-9-21(10-8-20)30(39)42-3/h7-10,12,15,22,25H,4-6,11,13-14,16-17H2,1-3H3,(H,40,41). The zero-order valence-corrected chi connectivity index (χ0v) is 25.2. The van der Waals surface area contributed by atoms with Gasteiger partial charge in [0.2, 0.25) is 0 Å². The molecule has 43 heavy (non-hydrogen) atoms. The van der Waals surface area contributed by atoms with Gasteiger partial charge in [-0.25, -0.2) is 14.3 Å². The zero-order valence-electron chi connectivity index (χ0n) is 24.5. The molecule has 1 spiro atoms. The van der Waals surface area contributed by atoms with Gasteiger partial charge in [-0.15, -0.1) is 0 Å². The third-order valence-corrected chi connectivity index (χ3v) is 9.92. The normalized spacial score (nSPS) is 19.8. The van der Waals surface area contributed by atoms with Crippen LogP contribution in [0.4, 0.5) is 4.79 Å². The largest absolute Gasteiger partial charge is 0.465 e. The van der Waals surface area contributed by atoms with Gasteiger partial charge in [-0.3, -0.25) is 4.68 Å². The molecule has 1 N–H and O–H groups in total. The number of carbonyl (C=O) groups excluding carboxylic acids is 1. The second kappa shape index (κ2) is 10.4. The molecule has 0 bridgehead atoms. The van der Waals surface area contributed by atoms with Gasteiger partial charge < -0.3 is 19.5 Å². The van der Waals surface area contributed by atoms with E-state index in [1.54, 1.807) is 12.1 Å². The number of nitrogens with zero attached hydrogens (tertiary/aromatic N) is 5. The van der Waals surface area contributed by atoms with E-state index in [1.165, 1.54) is 12.0 Å². The maximum Gasteiger partial charge on any atom is 0.407 e. The Balaban J connectivity index is 1.35. The lowest BCUT2D eigenvalue weighted by Crippen LogP contribution is -2.63. The van der Waals surface area contributed by atoms with E-state index in [4.69, 9.17) is 31.3 Å². The van der Waals surface area contributed by atoms with Crippen LogP contribution in [0.1, 0.15) is 66.0 Å². The summed E-state index contributed by atoms with van der Waals surface area (Å²) in [5, 5.41) is 20.9. The number of amides is 1. The van der Waals surface area contributed by atoms with Gasteiger partial charge in [-0.2, -0.15) is 10.2 Å². The molecule has 2 saturated heterocycles. The van der Waals surface area contributed by atoms with E-state index >= 15 is 0 Å². The molecule has 1 atom stereocenters. The van der Waals surface area contributed by atoms with Crippen LogP contribution in [0.5, 0.6) is 0 Å². The summed E-state index contributed by atoms with van der Waals surface area (Å²) in [7, 11) is 1.37. The Morgan fingerprint density at radius 1 is 1.09 bits per heavy atom. The molecule has 224 valence electrons. The van der Waals surface area contributed by atoms with Gasteiger partial charge in [0.25, 0.3) is 0 Å². The van der Waals surface area contributed by atoms with Crippen LogP contribution in [0, 0.1) is 19.3 Å². The van der Waals surface area contributed by atoms with E-state index in [0.29, 0.717) is 23.7 Å². The van der Waals surface area contributed by atoms with Gasteiger partial charge in [0.05, 0.1) is 35.5 Å². The SMILES string of the molecule is COC(=O)c1ccc(-c2nn(C3CC4(C3)CN(C(=O)O)C4)c(C)c2-c2c(Cl)c(C)cc3c2cnn3C2CCCCO2)cc1. The summed E-state index contributed by atoms with van der Waals surface area (Å²) in [6, 6.07) is 9.51. The number of carboxylic acid groups (broad SMARTS) is 1. The number of methoxy groups -OCH3 is 1. The van der Waals surface area contributed by atoms with E-state index in [9.17, 15) is 14.7 Å². The number of hydrogen-bond donors (Lipinski definition) is 1. The lowest BCUT2D eigenvalue weighted by atomic mass is 9.61. The number of fused-ring (bicyclic) bond motifs is 1. The highest BCUT2D eigenvalue weighted by atomic mass is 35.5. The van der Waals surface area contributed by atoms with Gasteiger partial charge in [0, 0.05) is 52.9 Å². The second-order valence-electron chi connectivity index (χ2n) is 12.2. The van der Waals surface area contributed by atoms with Crippen LogP contribution < -0.4 is 0 Å². The fraction of sp³-hybridized carbons (Fsp3) is 0.438. The Labute approximate surface area is 254 Å². The van der Waals surface area contributed by atoms with Crippen LogP contribution in [0.3, 0.4) is 0 Å². The molecular weight excluding hydrogens is 570 g/mol. The number of rotatable bonds is 5. The number of esters is 1. The van der Waals surface area contributed by atoms with Gasteiger partial charge in [-0.1, -0.05) is 23.7 Å². The first kappa shape index (κ1) is 27.9. The molecule has 2 aromatic carbocycles. The van der Waals surface area contributed by atoms with Gasteiger partial charge >= 0.3 is 12.1 Å². The van der Waals surface area contributed by atoms with Crippen molar-refractivity contribution in [2.24, 2.45) is 5.41 Å². The molecule has 3 fully saturated rings. The smallest absolute Gasteiger partial charge is 0.407 e. The average Bonchev–Trinajstić information content (AvgIpc) is 3.53. The van der Waals surface area contributed by atoms with Crippen molar-refractivity contribution >= 4 is 34.6 Å². The molecular formula is C32H34ClN5O5. The fourth-order valence-corrected chi connectivity index (χ4v) is 7.46. The maximum absolute atomic E-state index is 12.1. The Bertz CT molecular complexity index is 1740. The van der Waals surface area contributed by atoms with Crippen LogP contribution in [0.2, 0.25) is 5.02 Å². The monoisotopic (exact) mass is 603 g/mol. The number of aromatic nitrogens is 4. The highest BCUT2D eigenvalue weighted by molar-refractivity contribution is 6.36. The number of ether oxygens (including phenoxy) is 2. The number of aryl methyl sites for hydroxylation is 1. The van der Waals surface area contributed by atoms with E-state index < -0.39 is 12.1 Å². The molecule has 2 aromatic heterocycles. The van der Waals surface area contributed by atoms with Crippen molar-refractivity contribution in [3.05, 3.63) is 58.4 Å². The molecule has 1 saturated carbocycles. The third kappa shape index (κ3) is 4.50. The summed E-state index contributed by atoms with van der Waals surface area (Å²) in [4.78, 5) is 25.0. The van der Waals surface area contributed by atoms with Gasteiger partial charge in [0.15, 0.2) is 6.23 Å². The molecule has 3 aliphatic rings. The molecule has 4 heterocycles. The molecule has 11 heteroatoms. The van der Waals surface area contributed by atoms with Crippen LogP contribution in [-0.4, -0.2) is 68.4 Å². The van der Waals surface area contributed by atoms with Crippen molar-refractivity contribution in [1.29, 1.82) is 0 Å². The summed E-state index contributed by atoms with van der Waals surface area (Å²) in [6.07, 6.45) is 5.69.